The fraction of sp³-hybridized carbons (Fsp3) is 0.0732. The predicted octanol–water partition coefficient (Wildman–Crippen LogP) is 10.7. The summed E-state index contributed by atoms with van der Waals surface area (Å²) in [6.07, 6.45) is 3.81. The van der Waals surface area contributed by atoms with Crippen molar-refractivity contribution in [3.8, 4) is 34.3 Å². The van der Waals surface area contributed by atoms with Crippen molar-refractivity contribution in [3.05, 3.63) is 144 Å². The second kappa shape index (κ2) is 11.9. The molecule has 0 N–H and O–H groups in total. The van der Waals surface area contributed by atoms with Gasteiger partial charge in [-0.15, -0.1) is 47.1 Å². The summed E-state index contributed by atoms with van der Waals surface area (Å²) in [6.45, 7) is 6.40. The summed E-state index contributed by atoms with van der Waals surface area (Å²) in [5, 5.41) is 9.65. The van der Waals surface area contributed by atoms with E-state index >= 15 is 0 Å². The largest absolute Gasteiger partial charge is 2.00 e. The van der Waals surface area contributed by atoms with Gasteiger partial charge in [0.05, 0.1) is 11.2 Å². The Morgan fingerprint density at radius 3 is 2.33 bits per heavy atom. The van der Waals surface area contributed by atoms with Gasteiger partial charge in [-0.3, -0.25) is 4.68 Å². The number of pyridine rings is 1. The molecular weight excluding hydrogens is 792 g/mol. The number of fused-ring (bicyclic) bond motifs is 7. The van der Waals surface area contributed by atoms with E-state index in [2.05, 4.69) is 98.1 Å². The second-order valence-corrected chi connectivity index (χ2v) is 13.0. The fourth-order valence-electron chi connectivity index (χ4n) is 6.92. The molecular formula is C41H28N4OPtS. The maximum Gasteiger partial charge on any atom is 2.00 e. The average Bonchev–Trinajstić information content (AvgIpc) is 3.79. The first-order chi connectivity index (χ1) is 23.0. The van der Waals surface area contributed by atoms with Crippen molar-refractivity contribution >= 4 is 53.3 Å². The summed E-state index contributed by atoms with van der Waals surface area (Å²) in [4.78, 5) is 4.78. The van der Waals surface area contributed by atoms with Crippen molar-refractivity contribution in [2.24, 2.45) is 0 Å². The second-order valence-electron chi connectivity index (χ2n) is 12.0. The summed E-state index contributed by atoms with van der Waals surface area (Å²) in [5.74, 6) is 2.03. The van der Waals surface area contributed by atoms with Gasteiger partial charge in [-0.1, -0.05) is 53.5 Å². The Morgan fingerprint density at radius 2 is 1.50 bits per heavy atom. The van der Waals surface area contributed by atoms with Crippen LogP contribution >= 0.6 is 11.3 Å². The summed E-state index contributed by atoms with van der Waals surface area (Å²) in [6, 6.07) is 42.5. The van der Waals surface area contributed by atoms with E-state index in [9.17, 15) is 0 Å². The van der Waals surface area contributed by atoms with Crippen molar-refractivity contribution < 1.29 is 25.8 Å². The van der Waals surface area contributed by atoms with Crippen LogP contribution in [0.4, 0.5) is 0 Å². The molecule has 5 aromatic carbocycles. The van der Waals surface area contributed by atoms with Crippen molar-refractivity contribution in [2.75, 3.05) is 0 Å². The molecule has 0 amide bonds. The van der Waals surface area contributed by atoms with E-state index in [1.165, 1.54) is 42.4 Å². The molecule has 9 aromatic rings. The molecule has 234 valence electrons. The Hall–Kier alpha value is -5.03. The molecule has 0 atom stereocenters. The third kappa shape index (κ3) is 4.95. The summed E-state index contributed by atoms with van der Waals surface area (Å²) in [7, 11) is 0. The van der Waals surface area contributed by atoms with Crippen molar-refractivity contribution in [2.45, 2.75) is 20.8 Å². The van der Waals surface area contributed by atoms with Crippen LogP contribution in [-0.2, 0) is 21.1 Å². The van der Waals surface area contributed by atoms with Crippen LogP contribution in [0.25, 0.3) is 64.7 Å². The number of nitrogens with zero attached hydrogens (tertiary/aromatic N) is 4. The Kier molecular flexibility index (Phi) is 7.51. The monoisotopic (exact) mass is 819 g/mol. The molecule has 0 saturated carbocycles. The Bertz CT molecular complexity index is 2630. The normalized spacial score (nSPS) is 11.5. The minimum atomic E-state index is 0. The molecule has 0 unspecified atom stereocenters. The van der Waals surface area contributed by atoms with Crippen molar-refractivity contribution in [3.63, 3.8) is 0 Å². The first-order valence-corrected chi connectivity index (χ1v) is 16.4. The molecule has 0 aliphatic rings. The molecule has 4 aromatic heterocycles. The Morgan fingerprint density at radius 1 is 0.708 bits per heavy atom. The third-order valence-electron chi connectivity index (χ3n) is 8.77. The van der Waals surface area contributed by atoms with E-state index in [4.69, 9.17) is 14.8 Å². The smallest absolute Gasteiger partial charge is 0.509 e. The standard InChI is InChI=1S/C41H28N4OS.Pt/c1-25-21-26(2)39(27(3)22-25)34-18-20-44(43-34)28-9-8-10-29(23-28)46-30-14-15-31-32-16-17-37-40(33-11-4-5-12-36(33)47-37)41(32)45(35(31)24-30)38-13-6-7-19-42-38;/h4-22H,1-3H3;/q-2;+2. The SMILES string of the molecule is Cc1cc(C)c(-c2ccn(-c3[c-]c(Oc4[c-]c5c(cc4)c4ccc6sc7ccccc7c6c4n5-c4ccccn4)ccc3)n2)c(C)c1.[Pt+2]. The van der Waals surface area contributed by atoms with E-state index in [0.717, 1.165) is 39.0 Å². The zero-order chi connectivity index (χ0) is 31.6. The van der Waals surface area contributed by atoms with Crippen LogP contribution in [-0.4, -0.2) is 19.3 Å². The van der Waals surface area contributed by atoms with E-state index in [1.54, 1.807) is 0 Å². The Balaban J connectivity index is 0.00000336. The van der Waals surface area contributed by atoms with Gasteiger partial charge < -0.3 is 9.30 Å². The minimum Gasteiger partial charge on any atom is -0.509 e. The van der Waals surface area contributed by atoms with Crippen LogP contribution in [0, 0.1) is 32.9 Å². The van der Waals surface area contributed by atoms with Gasteiger partial charge in [-0.2, -0.15) is 17.2 Å². The van der Waals surface area contributed by atoms with Gasteiger partial charge in [0.1, 0.15) is 5.82 Å². The molecule has 0 saturated heterocycles. The molecule has 0 aliphatic heterocycles. The first kappa shape index (κ1) is 30.3. The molecule has 0 radical (unpaired) electrons. The van der Waals surface area contributed by atoms with Gasteiger partial charge in [0.2, 0.25) is 0 Å². The summed E-state index contributed by atoms with van der Waals surface area (Å²) < 4.78 is 13.0. The van der Waals surface area contributed by atoms with Crippen molar-refractivity contribution in [1.29, 1.82) is 0 Å². The first-order valence-electron chi connectivity index (χ1n) is 15.6. The summed E-state index contributed by atoms with van der Waals surface area (Å²) in [5.41, 5.74) is 8.64. The molecule has 5 nitrogen and oxygen atoms in total. The maximum atomic E-state index is 6.44. The number of rotatable bonds is 5. The van der Waals surface area contributed by atoms with Crippen LogP contribution < -0.4 is 4.74 Å². The predicted molar refractivity (Wildman–Crippen MR) is 192 cm³/mol. The van der Waals surface area contributed by atoms with Crippen LogP contribution in [0.2, 0.25) is 0 Å². The van der Waals surface area contributed by atoms with Crippen molar-refractivity contribution in [1.82, 2.24) is 19.3 Å². The molecule has 0 bridgehead atoms. The quantitative estimate of drug-likeness (QED) is 0.163. The van der Waals surface area contributed by atoms with E-state index in [1.807, 2.05) is 70.9 Å². The summed E-state index contributed by atoms with van der Waals surface area (Å²) >= 11 is 1.82. The minimum absolute atomic E-state index is 0. The van der Waals surface area contributed by atoms with Crippen LogP contribution in [0.5, 0.6) is 11.5 Å². The van der Waals surface area contributed by atoms with Crippen LogP contribution in [0.15, 0.2) is 116 Å². The number of ether oxygens (including phenoxy) is 1. The Labute approximate surface area is 296 Å². The zero-order valence-corrected chi connectivity index (χ0v) is 29.5. The van der Waals surface area contributed by atoms with Gasteiger partial charge in [-0.05, 0) is 73.3 Å². The molecule has 0 aliphatic carbocycles. The number of aromatic nitrogens is 4. The van der Waals surface area contributed by atoms with Crippen LogP contribution in [0.3, 0.4) is 0 Å². The van der Waals surface area contributed by atoms with Gasteiger partial charge in [0.25, 0.3) is 0 Å². The topological polar surface area (TPSA) is 44.9 Å². The molecule has 7 heteroatoms. The zero-order valence-electron chi connectivity index (χ0n) is 26.4. The number of aryl methyl sites for hydroxylation is 3. The number of hydrogen-bond acceptors (Lipinski definition) is 4. The van der Waals surface area contributed by atoms with Crippen LogP contribution in [0.1, 0.15) is 16.7 Å². The number of thiophene rings is 1. The molecule has 0 spiro atoms. The van der Waals surface area contributed by atoms with Gasteiger partial charge in [-0.25, -0.2) is 4.98 Å². The van der Waals surface area contributed by atoms with E-state index in [-0.39, 0.29) is 21.1 Å². The maximum absolute atomic E-state index is 6.44. The van der Waals surface area contributed by atoms with E-state index in [0.29, 0.717) is 11.5 Å². The van der Waals surface area contributed by atoms with Gasteiger partial charge in [0.15, 0.2) is 0 Å². The molecule has 48 heavy (non-hydrogen) atoms. The fourth-order valence-corrected chi connectivity index (χ4v) is 8.02. The third-order valence-corrected chi connectivity index (χ3v) is 9.91. The van der Waals surface area contributed by atoms with Gasteiger partial charge >= 0.3 is 21.1 Å². The van der Waals surface area contributed by atoms with Gasteiger partial charge in [0, 0.05) is 49.6 Å². The number of hydrogen-bond donors (Lipinski definition) is 0. The molecule has 0 fully saturated rings. The van der Waals surface area contributed by atoms with E-state index < -0.39 is 0 Å². The molecule has 9 rings (SSSR count). The average molecular weight is 820 g/mol. The number of benzene rings is 5. The molecule has 4 heterocycles.